The van der Waals surface area contributed by atoms with Crippen LogP contribution in [0.15, 0.2) is 27.6 Å². The van der Waals surface area contributed by atoms with Crippen molar-refractivity contribution in [3.8, 4) is 0 Å². The second-order valence-electron chi connectivity index (χ2n) is 4.43. The summed E-state index contributed by atoms with van der Waals surface area (Å²) in [4.78, 5) is 21.8. The number of benzene rings is 1. The van der Waals surface area contributed by atoms with Crippen LogP contribution < -0.4 is 10.5 Å². The smallest absolute Gasteiger partial charge is 0.321 e. The largest absolute Gasteiger partial charge is 0.480 e. The van der Waals surface area contributed by atoms with E-state index in [-0.39, 0.29) is 17.7 Å². The quantitative estimate of drug-likeness (QED) is 0.645. The van der Waals surface area contributed by atoms with Crippen molar-refractivity contribution < 1.29 is 23.1 Å². The number of carbonyl (C=O) groups is 2. The number of hydrogen-bond donors (Lipinski definition) is 3. The molecule has 0 spiro atoms. The molecule has 1 aromatic rings. The fraction of sp³-hybridized carbons (Fsp3) is 0.333. The van der Waals surface area contributed by atoms with Gasteiger partial charge in [0.05, 0.1) is 4.90 Å². The minimum absolute atomic E-state index is 0.0257. The molecule has 0 saturated heterocycles. The minimum atomic E-state index is -4.02. The molecule has 0 aromatic heterocycles. The van der Waals surface area contributed by atoms with Crippen molar-refractivity contribution in [2.24, 2.45) is 5.73 Å². The van der Waals surface area contributed by atoms with Crippen LogP contribution in [0.1, 0.15) is 18.4 Å². The van der Waals surface area contributed by atoms with Gasteiger partial charge in [0.1, 0.15) is 6.04 Å². The maximum absolute atomic E-state index is 12.3. The van der Waals surface area contributed by atoms with E-state index in [2.05, 4.69) is 20.7 Å². The third-order valence-corrected chi connectivity index (χ3v) is 4.82. The van der Waals surface area contributed by atoms with E-state index in [1.54, 1.807) is 19.1 Å². The van der Waals surface area contributed by atoms with Crippen molar-refractivity contribution in [1.29, 1.82) is 0 Å². The van der Waals surface area contributed by atoms with E-state index in [1.807, 2.05) is 0 Å². The molecule has 9 heteroatoms. The number of carboxylic acid groups (broad SMARTS) is 1. The lowest BCUT2D eigenvalue weighted by atomic mass is 10.2. The first-order chi connectivity index (χ1) is 9.63. The number of hydrogen-bond acceptors (Lipinski definition) is 4. The van der Waals surface area contributed by atoms with Crippen LogP contribution in [0.2, 0.25) is 0 Å². The number of aryl methyl sites for hydroxylation is 1. The molecule has 0 saturated carbocycles. The maximum atomic E-state index is 12.3. The molecule has 1 rings (SSSR count). The van der Waals surface area contributed by atoms with Crippen LogP contribution in [-0.2, 0) is 19.6 Å². The van der Waals surface area contributed by atoms with Gasteiger partial charge < -0.3 is 10.8 Å². The Morgan fingerprint density at radius 2 is 2.05 bits per heavy atom. The lowest BCUT2D eigenvalue weighted by Crippen LogP contribution is -2.41. The van der Waals surface area contributed by atoms with Gasteiger partial charge in [0.2, 0.25) is 15.9 Å². The zero-order chi connectivity index (χ0) is 16.2. The molecular weight excluding hydrogens is 364 g/mol. The van der Waals surface area contributed by atoms with Crippen molar-refractivity contribution in [2.45, 2.75) is 30.7 Å². The molecule has 1 unspecified atom stereocenters. The van der Waals surface area contributed by atoms with Gasteiger partial charge in [0.15, 0.2) is 0 Å². The monoisotopic (exact) mass is 378 g/mol. The van der Waals surface area contributed by atoms with Gasteiger partial charge >= 0.3 is 5.97 Å². The van der Waals surface area contributed by atoms with Gasteiger partial charge in [0.25, 0.3) is 0 Å². The number of carbonyl (C=O) groups excluding carboxylic acids is 1. The normalized spacial score (nSPS) is 12.9. The first-order valence-electron chi connectivity index (χ1n) is 5.93. The van der Waals surface area contributed by atoms with Crippen molar-refractivity contribution in [1.82, 2.24) is 4.72 Å². The molecule has 0 aliphatic carbocycles. The number of sulfonamides is 1. The Kier molecular flexibility index (Phi) is 5.87. The summed E-state index contributed by atoms with van der Waals surface area (Å²) in [5.74, 6) is -2.06. The molecule has 0 fully saturated rings. The second-order valence-corrected chi connectivity index (χ2v) is 7.02. The molecule has 4 N–H and O–H groups in total. The average Bonchev–Trinajstić information content (AvgIpc) is 2.36. The van der Waals surface area contributed by atoms with E-state index in [0.29, 0.717) is 10.0 Å². The average molecular weight is 379 g/mol. The number of rotatable bonds is 7. The van der Waals surface area contributed by atoms with Gasteiger partial charge in [0, 0.05) is 10.9 Å². The van der Waals surface area contributed by atoms with Crippen LogP contribution in [0.5, 0.6) is 0 Å². The van der Waals surface area contributed by atoms with Crippen molar-refractivity contribution in [2.75, 3.05) is 0 Å². The van der Waals surface area contributed by atoms with E-state index >= 15 is 0 Å². The summed E-state index contributed by atoms with van der Waals surface area (Å²) in [6.07, 6.45) is -0.437. The maximum Gasteiger partial charge on any atom is 0.321 e. The van der Waals surface area contributed by atoms with Gasteiger partial charge in [-0.1, -0.05) is 22.0 Å². The standard InChI is InChI=1S/C12H15BrN2O5S/c1-7-2-3-8(13)6-10(7)21(19,20)15-9(12(17)18)4-5-11(14)16/h2-3,6,9,15H,4-5H2,1H3,(H2,14,16)(H,17,18). The number of nitrogens with two attached hydrogens (primary N) is 1. The van der Waals surface area contributed by atoms with Crippen LogP contribution in [0.4, 0.5) is 0 Å². The van der Waals surface area contributed by atoms with Crippen LogP contribution in [0.25, 0.3) is 0 Å². The van der Waals surface area contributed by atoms with Gasteiger partial charge in [-0.25, -0.2) is 8.42 Å². The highest BCUT2D eigenvalue weighted by Gasteiger charge is 2.26. The van der Waals surface area contributed by atoms with E-state index in [4.69, 9.17) is 10.8 Å². The predicted molar refractivity (Wildman–Crippen MR) is 79.1 cm³/mol. The van der Waals surface area contributed by atoms with Crippen LogP contribution in [-0.4, -0.2) is 31.4 Å². The van der Waals surface area contributed by atoms with E-state index in [1.165, 1.54) is 6.07 Å². The Balaban J connectivity index is 3.03. The highest BCUT2D eigenvalue weighted by Crippen LogP contribution is 2.21. The number of nitrogens with one attached hydrogen (secondary N) is 1. The molecule has 0 aliphatic rings. The van der Waals surface area contributed by atoms with Crippen LogP contribution >= 0.6 is 15.9 Å². The SMILES string of the molecule is Cc1ccc(Br)cc1S(=O)(=O)NC(CCC(N)=O)C(=O)O. The summed E-state index contributed by atoms with van der Waals surface area (Å²) in [5.41, 5.74) is 5.42. The summed E-state index contributed by atoms with van der Waals surface area (Å²) in [6, 6.07) is 3.24. The van der Waals surface area contributed by atoms with Gasteiger partial charge in [-0.3, -0.25) is 9.59 Å². The molecule has 21 heavy (non-hydrogen) atoms. The van der Waals surface area contributed by atoms with Crippen molar-refractivity contribution in [3.05, 3.63) is 28.2 Å². The number of amides is 1. The Bertz CT molecular complexity index is 660. The summed E-state index contributed by atoms with van der Waals surface area (Å²) >= 11 is 3.16. The Morgan fingerprint density at radius 1 is 1.43 bits per heavy atom. The lowest BCUT2D eigenvalue weighted by molar-refractivity contribution is -0.139. The summed E-state index contributed by atoms with van der Waals surface area (Å²) < 4.78 is 27.1. The molecule has 0 bridgehead atoms. The van der Waals surface area contributed by atoms with Crippen molar-refractivity contribution >= 4 is 37.8 Å². The van der Waals surface area contributed by atoms with Gasteiger partial charge in [-0.2, -0.15) is 4.72 Å². The third-order valence-electron chi connectivity index (χ3n) is 2.71. The van der Waals surface area contributed by atoms with E-state index in [9.17, 15) is 18.0 Å². The van der Waals surface area contributed by atoms with E-state index < -0.39 is 27.9 Å². The molecule has 1 aromatic carbocycles. The number of halogens is 1. The predicted octanol–water partition coefficient (Wildman–Crippen LogP) is 0.755. The number of aliphatic carboxylic acids is 1. The molecule has 0 radical (unpaired) electrons. The van der Waals surface area contributed by atoms with Gasteiger partial charge in [-0.05, 0) is 31.0 Å². The number of primary amides is 1. The minimum Gasteiger partial charge on any atom is -0.480 e. The second kappa shape index (κ2) is 7.01. The molecule has 116 valence electrons. The first-order valence-corrected chi connectivity index (χ1v) is 8.20. The molecular formula is C12H15BrN2O5S. The highest BCUT2D eigenvalue weighted by atomic mass is 79.9. The zero-order valence-corrected chi connectivity index (χ0v) is 13.6. The molecule has 0 heterocycles. The Labute approximate surface area is 130 Å². The molecule has 1 atom stereocenters. The fourth-order valence-electron chi connectivity index (χ4n) is 1.63. The number of carboxylic acids is 1. The van der Waals surface area contributed by atoms with Crippen molar-refractivity contribution in [3.63, 3.8) is 0 Å². The zero-order valence-electron chi connectivity index (χ0n) is 11.2. The summed E-state index contributed by atoms with van der Waals surface area (Å²) in [6.45, 7) is 1.60. The first kappa shape index (κ1) is 17.6. The topological polar surface area (TPSA) is 127 Å². The summed E-state index contributed by atoms with van der Waals surface area (Å²) in [7, 11) is -4.02. The van der Waals surface area contributed by atoms with Crippen LogP contribution in [0, 0.1) is 6.92 Å². The molecule has 1 amide bonds. The van der Waals surface area contributed by atoms with Gasteiger partial charge in [-0.15, -0.1) is 0 Å². The Hall–Kier alpha value is -1.45. The third kappa shape index (κ3) is 5.10. The van der Waals surface area contributed by atoms with Crippen LogP contribution in [0.3, 0.4) is 0 Å². The lowest BCUT2D eigenvalue weighted by Gasteiger charge is -2.15. The van der Waals surface area contributed by atoms with E-state index in [0.717, 1.165) is 0 Å². The fourth-order valence-corrected chi connectivity index (χ4v) is 3.64. The highest BCUT2D eigenvalue weighted by molar-refractivity contribution is 9.10. The summed E-state index contributed by atoms with van der Waals surface area (Å²) in [5, 5.41) is 9.03. The molecule has 7 nitrogen and oxygen atoms in total. The molecule has 0 aliphatic heterocycles. The Morgan fingerprint density at radius 3 is 2.57 bits per heavy atom.